The van der Waals surface area contributed by atoms with E-state index in [2.05, 4.69) is 30.9 Å². The maximum Gasteiger partial charge on any atom is 0.119 e. The summed E-state index contributed by atoms with van der Waals surface area (Å²) in [5.41, 5.74) is 7.26. The van der Waals surface area contributed by atoms with Crippen molar-refractivity contribution in [3.63, 3.8) is 0 Å². The fraction of sp³-hybridized carbons (Fsp3) is 0.647. The molecule has 0 amide bonds. The Morgan fingerprint density at radius 2 is 2.05 bits per heavy atom. The van der Waals surface area contributed by atoms with E-state index >= 15 is 0 Å². The number of benzene rings is 1. The normalized spacial score (nSPS) is 12.9. The zero-order valence-corrected chi connectivity index (χ0v) is 13.8. The number of methoxy groups -OCH3 is 1. The summed E-state index contributed by atoms with van der Waals surface area (Å²) >= 11 is 0. The van der Waals surface area contributed by atoms with Gasteiger partial charge in [-0.15, -0.1) is 0 Å². The van der Waals surface area contributed by atoms with Crippen LogP contribution < -0.4 is 10.5 Å². The van der Waals surface area contributed by atoms with Crippen molar-refractivity contribution in [2.75, 3.05) is 40.0 Å². The summed E-state index contributed by atoms with van der Waals surface area (Å²) in [4.78, 5) is 2.40. The second-order valence-corrected chi connectivity index (χ2v) is 5.64. The van der Waals surface area contributed by atoms with Crippen molar-refractivity contribution in [2.24, 2.45) is 11.7 Å². The molecule has 0 aliphatic carbocycles. The zero-order chi connectivity index (χ0) is 15.7. The third-order valence-electron chi connectivity index (χ3n) is 3.40. The molecule has 1 aromatic rings. The molecule has 21 heavy (non-hydrogen) atoms. The molecule has 0 heterocycles. The number of ether oxygens (including phenoxy) is 2. The fourth-order valence-electron chi connectivity index (χ4n) is 2.53. The molecule has 4 heteroatoms. The first-order chi connectivity index (χ1) is 10.1. The van der Waals surface area contributed by atoms with E-state index in [-0.39, 0.29) is 6.04 Å². The summed E-state index contributed by atoms with van der Waals surface area (Å²) in [6, 6.07) is 8.44. The highest BCUT2D eigenvalue weighted by molar-refractivity contribution is 5.31. The van der Waals surface area contributed by atoms with Gasteiger partial charge in [0.05, 0.1) is 13.2 Å². The van der Waals surface area contributed by atoms with Crippen LogP contribution in [0, 0.1) is 5.92 Å². The highest BCUT2D eigenvalue weighted by Crippen LogP contribution is 2.24. The summed E-state index contributed by atoms with van der Waals surface area (Å²) in [6.45, 7) is 10.3. The lowest BCUT2D eigenvalue weighted by atomic mass is 10.0. The molecule has 0 saturated heterocycles. The Hall–Kier alpha value is -1.10. The molecule has 0 spiro atoms. The van der Waals surface area contributed by atoms with Crippen LogP contribution in [0.5, 0.6) is 5.75 Å². The second kappa shape index (κ2) is 9.77. The molecule has 0 bridgehead atoms. The first-order valence-corrected chi connectivity index (χ1v) is 7.78. The fourth-order valence-corrected chi connectivity index (χ4v) is 2.53. The van der Waals surface area contributed by atoms with Gasteiger partial charge in [0.25, 0.3) is 0 Å². The van der Waals surface area contributed by atoms with Gasteiger partial charge in [-0.05, 0) is 30.5 Å². The number of hydrogen-bond acceptors (Lipinski definition) is 4. The van der Waals surface area contributed by atoms with Crippen LogP contribution in [-0.4, -0.2) is 44.9 Å². The van der Waals surface area contributed by atoms with E-state index in [1.807, 2.05) is 19.1 Å². The van der Waals surface area contributed by atoms with Gasteiger partial charge in [0, 0.05) is 32.8 Å². The van der Waals surface area contributed by atoms with Crippen LogP contribution >= 0.6 is 0 Å². The Morgan fingerprint density at radius 3 is 2.62 bits per heavy atom. The molecule has 1 rings (SSSR count). The summed E-state index contributed by atoms with van der Waals surface area (Å²) < 4.78 is 10.8. The van der Waals surface area contributed by atoms with Crippen molar-refractivity contribution in [1.29, 1.82) is 0 Å². The monoisotopic (exact) mass is 294 g/mol. The predicted octanol–water partition coefficient (Wildman–Crippen LogP) is 2.69. The smallest absolute Gasteiger partial charge is 0.119 e. The number of nitrogens with zero attached hydrogens (tertiary/aromatic N) is 1. The second-order valence-electron chi connectivity index (χ2n) is 5.64. The van der Waals surface area contributed by atoms with Crippen molar-refractivity contribution < 1.29 is 9.47 Å². The first-order valence-electron chi connectivity index (χ1n) is 7.78. The Kier molecular flexibility index (Phi) is 8.35. The van der Waals surface area contributed by atoms with Gasteiger partial charge < -0.3 is 15.2 Å². The lowest BCUT2D eigenvalue weighted by molar-refractivity contribution is 0.112. The van der Waals surface area contributed by atoms with E-state index in [1.165, 1.54) is 5.56 Å². The van der Waals surface area contributed by atoms with E-state index in [9.17, 15) is 0 Å². The maximum absolute atomic E-state index is 6.05. The number of rotatable bonds is 10. The topological polar surface area (TPSA) is 47.7 Å². The Balaban J connectivity index is 2.91. The molecule has 0 radical (unpaired) electrons. The lowest BCUT2D eigenvalue weighted by Gasteiger charge is -2.32. The molecule has 0 fully saturated rings. The average Bonchev–Trinajstić information content (AvgIpc) is 2.45. The van der Waals surface area contributed by atoms with E-state index in [4.69, 9.17) is 15.2 Å². The van der Waals surface area contributed by atoms with Crippen LogP contribution in [0.4, 0.5) is 0 Å². The minimum Gasteiger partial charge on any atom is -0.494 e. The van der Waals surface area contributed by atoms with E-state index in [0.29, 0.717) is 25.7 Å². The van der Waals surface area contributed by atoms with E-state index in [1.54, 1.807) is 7.11 Å². The molecule has 0 aliphatic heterocycles. The summed E-state index contributed by atoms with van der Waals surface area (Å²) in [5, 5.41) is 0. The van der Waals surface area contributed by atoms with E-state index in [0.717, 1.165) is 18.8 Å². The van der Waals surface area contributed by atoms with Crippen LogP contribution in [0.2, 0.25) is 0 Å². The molecule has 0 saturated carbocycles. The van der Waals surface area contributed by atoms with Gasteiger partial charge in [0.2, 0.25) is 0 Å². The van der Waals surface area contributed by atoms with Crippen molar-refractivity contribution in [3.05, 3.63) is 29.8 Å². The minimum absolute atomic E-state index is 0.197. The Labute approximate surface area is 129 Å². The van der Waals surface area contributed by atoms with Gasteiger partial charge in [-0.25, -0.2) is 0 Å². The van der Waals surface area contributed by atoms with Gasteiger partial charge in [-0.1, -0.05) is 26.0 Å². The molecule has 2 N–H and O–H groups in total. The Morgan fingerprint density at radius 1 is 1.29 bits per heavy atom. The lowest BCUT2D eigenvalue weighted by Crippen LogP contribution is -2.38. The molecule has 0 aromatic heterocycles. The number of hydrogen-bond donors (Lipinski definition) is 1. The quantitative estimate of drug-likeness (QED) is 0.721. The SMILES string of the molecule is CCOc1cccc(C(CN)N(CCOC)CC(C)C)c1. The molecule has 4 nitrogen and oxygen atoms in total. The molecule has 1 unspecified atom stereocenters. The van der Waals surface area contributed by atoms with Crippen molar-refractivity contribution >= 4 is 0 Å². The van der Waals surface area contributed by atoms with Crippen LogP contribution in [-0.2, 0) is 4.74 Å². The minimum atomic E-state index is 0.197. The van der Waals surface area contributed by atoms with Crippen LogP contribution in [0.25, 0.3) is 0 Å². The third-order valence-corrected chi connectivity index (χ3v) is 3.40. The first kappa shape index (κ1) is 18.0. The summed E-state index contributed by atoms with van der Waals surface area (Å²) in [6.07, 6.45) is 0. The molecule has 1 aromatic carbocycles. The molecule has 120 valence electrons. The van der Waals surface area contributed by atoms with Gasteiger partial charge in [0.1, 0.15) is 5.75 Å². The van der Waals surface area contributed by atoms with Crippen LogP contribution in [0.1, 0.15) is 32.4 Å². The standard InChI is InChI=1S/C17H30N2O2/c1-5-21-16-8-6-7-15(11-16)17(12-18)19(9-10-20-4)13-14(2)3/h6-8,11,14,17H,5,9-10,12-13,18H2,1-4H3. The van der Waals surface area contributed by atoms with Gasteiger partial charge in [0.15, 0.2) is 0 Å². The van der Waals surface area contributed by atoms with Gasteiger partial charge in [-0.3, -0.25) is 4.90 Å². The molecule has 1 atom stereocenters. The predicted molar refractivity (Wildman–Crippen MR) is 87.7 cm³/mol. The van der Waals surface area contributed by atoms with Crippen molar-refractivity contribution in [1.82, 2.24) is 4.90 Å². The third kappa shape index (κ3) is 6.04. The van der Waals surface area contributed by atoms with Gasteiger partial charge in [-0.2, -0.15) is 0 Å². The van der Waals surface area contributed by atoms with Crippen LogP contribution in [0.15, 0.2) is 24.3 Å². The maximum atomic E-state index is 6.05. The molecular weight excluding hydrogens is 264 g/mol. The Bertz CT molecular complexity index is 396. The zero-order valence-electron chi connectivity index (χ0n) is 13.8. The van der Waals surface area contributed by atoms with Gasteiger partial charge >= 0.3 is 0 Å². The average molecular weight is 294 g/mol. The number of nitrogens with two attached hydrogens (primary N) is 1. The summed E-state index contributed by atoms with van der Waals surface area (Å²) in [5.74, 6) is 1.50. The highest BCUT2D eigenvalue weighted by atomic mass is 16.5. The summed E-state index contributed by atoms with van der Waals surface area (Å²) in [7, 11) is 1.74. The van der Waals surface area contributed by atoms with E-state index < -0.39 is 0 Å². The van der Waals surface area contributed by atoms with Crippen molar-refractivity contribution in [2.45, 2.75) is 26.8 Å². The largest absolute Gasteiger partial charge is 0.494 e. The van der Waals surface area contributed by atoms with Crippen LogP contribution in [0.3, 0.4) is 0 Å². The molecular formula is C17H30N2O2. The molecule has 0 aliphatic rings. The van der Waals surface area contributed by atoms with Crippen molar-refractivity contribution in [3.8, 4) is 5.75 Å². The highest BCUT2D eigenvalue weighted by Gasteiger charge is 2.20.